The number of carbonyl (C=O) groups excluding carboxylic acids is 1. The van der Waals surface area contributed by atoms with Crippen molar-refractivity contribution in [1.29, 1.82) is 0 Å². The zero-order valence-corrected chi connectivity index (χ0v) is 14.2. The number of hydrogen-bond donors (Lipinski definition) is 0. The fourth-order valence-corrected chi connectivity index (χ4v) is 2.65. The van der Waals surface area contributed by atoms with Gasteiger partial charge in [-0.05, 0) is 12.3 Å². The maximum absolute atomic E-state index is 10.8. The lowest BCUT2D eigenvalue weighted by molar-refractivity contribution is -0.134. The Morgan fingerprint density at radius 3 is 1.95 bits per heavy atom. The second-order valence-corrected chi connectivity index (χ2v) is 6.22. The van der Waals surface area contributed by atoms with Crippen LogP contribution in [-0.4, -0.2) is 5.97 Å². The highest BCUT2D eigenvalue weighted by Gasteiger charge is 2.04. The fourth-order valence-electron chi connectivity index (χ4n) is 2.57. The van der Waals surface area contributed by atoms with Gasteiger partial charge in [0.2, 0.25) is 0 Å². The van der Waals surface area contributed by atoms with E-state index in [0.717, 1.165) is 18.8 Å². The predicted molar refractivity (Wildman–Crippen MR) is 86.8 cm³/mol. The van der Waals surface area contributed by atoms with Gasteiger partial charge in [-0.25, -0.2) is 0 Å². The van der Waals surface area contributed by atoms with E-state index in [9.17, 15) is 4.79 Å². The van der Waals surface area contributed by atoms with Crippen molar-refractivity contribution in [2.45, 2.75) is 97.3 Å². The van der Waals surface area contributed by atoms with Gasteiger partial charge in [0.05, 0.1) is 0 Å². The average molecular weight is 305 g/mol. The van der Waals surface area contributed by atoms with Crippen LogP contribution in [0, 0.1) is 5.92 Å². The first kappa shape index (κ1) is 19.8. The quantitative estimate of drug-likeness (QED) is 0.346. The van der Waals surface area contributed by atoms with Gasteiger partial charge in [-0.2, -0.15) is 0 Å². The van der Waals surface area contributed by atoms with E-state index in [-0.39, 0.29) is 5.97 Å². The monoisotopic (exact) mass is 304 g/mol. The Labute approximate surface area is 130 Å². The first-order valence-corrected chi connectivity index (χ1v) is 8.83. The van der Waals surface area contributed by atoms with Crippen LogP contribution in [0.3, 0.4) is 0 Å². The topological polar surface area (TPSA) is 26.3 Å². The number of halogens is 1. The zero-order valence-electron chi connectivity index (χ0n) is 13.5. The summed E-state index contributed by atoms with van der Waals surface area (Å²) < 4.78 is 4.12. The Bertz CT molecular complexity index is 219. The van der Waals surface area contributed by atoms with Crippen molar-refractivity contribution in [3.05, 3.63) is 0 Å². The summed E-state index contributed by atoms with van der Waals surface area (Å²) in [5.74, 6) is 0.476. The molecule has 0 heterocycles. The summed E-state index contributed by atoms with van der Waals surface area (Å²) in [6.45, 7) is 4.58. The van der Waals surface area contributed by atoms with E-state index in [2.05, 4.69) is 18.1 Å². The molecule has 0 N–H and O–H groups in total. The Hall–Kier alpha value is -0.240. The van der Waals surface area contributed by atoms with E-state index in [1.807, 2.05) is 0 Å². The summed E-state index contributed by atoms with van der Waals surface area (Å²) in [5, 5.41) is 0. The molecule has 20 heavy (non-hydrogen) atoms. The fraction of sp³-hybridized carbons (Fsp3) is 0.941. The number of carbonyl (C=O) groups is 1. The lowest BCUT2D eigenvalue weighted by Gasteiger charge is -2.10. The van der Waals surface area contributed by atoms with Crippen molar-refractivity contribution >= 4 is 17.8 Å². The molecule has 0 rings (SSSR count). The summed E-state index contributed by atoms with van der Waals surface area (Å²) in [5.41, 5.74) is 0. The maximum Gasteiger partial charge on any atom is 0.324 e. The minimum atomic E-state index is -0.303. The molecule has 0 aromatic heterocycles. The van der Waals surface area contributed by atoms with Crippen LogP contribution in [0.25, 0.3) is 0 Å². The zero-order chi connectivity index (χ0) is 15.1. The molecule has 0 aromatic rings. The smallest absolute Gasteiger partial charge is 0.324 e. The van der Waals surface area contributed by atoms with Crippen LogP contribution < -0.4 is 0 Å². The second-order valence-electron chi connectivity index (χ2n) is 6.06. The first-order chi connectivity index (χ1) is 9.70. The molecular formula is C17H33ClO2. The highest BCUT2D eigenvalue weighted by molar-refractivity contribution is 6.13. The van der Waals surface area contributed by atoms with Crippen LogP contribution in [-0.2, 0) is 9.08 Å². The Balaban J connectivity index is 3.20. The van der Waals surface area contributed by atoms with Gasteiger partial charge >= 0.3 is 5.97 Å². The molecule has 0 spiro atoms. The minimum Gasteiger partial charge on any atom is -0.348 e. The van der Waals surface area contributed by atoms with Crippen molar-refractivity contribution < 1.29 is 9.08 Å². The van der Waals surface area contributed by atoms with Gasteiger partial charge in [-0.1, -0.05) is 84.5 Å². The largest absolute Gasteiger partial charge is 0.348 e. The van der Waals surface area contributed by atoms with Crippen molar-refractivity contribution in [3.63, 3.8) is 0 Å². The molecule has 0 aliphatic carbocycles. The van der Waals surface area contributed by atoms with Gasteiger partial charge in [-0.15, -0.1) is 0 Å². The molecule has 0 aromatic carbocycles. The molecule has 0 saturated carbocycles. The molecule has 0 fully saturated rings. The molecule has 0 saturated heterocycles. The van der Waals surface area contributed by atoms with Crippen LogP contribution >= 0.6 is 11.9 Å². The first-order valence-electron chi connectivity index (χ1n) is 8.52. The van der Waals surface area contributed by atoms with E-state index in [0.29, 0.717) is 6.42 Å². The molecule has 120 valence electrons. The second kappa shape index (κ2) is 15.2. The third-order valence-corrected chi connectivity index (χ3v) is 4.14. The van der Waals surface area contributed by atoms with E-state index < -0.39 is 0 Å². The molecule has 2 nitrogen and oxygen atoms in total. The maximum atomic E-state index is 10.8. The highest BCUT2D eigenvalue weighted by Crippen LogP contribution is 2.18. The number of rotatable bonds is 14. The van der Waals surface area contributed by atoms with Gasteiger partial charge in [0.25, 0.3) is 0 Å². The highest BCUT2D eigenvalue weighted by atomic mass is 35.5. The van der Waals surface area contributed by atoms with Gasteiger partial charge in [-0.3, -0.25) is 4.79 Å². The van der Waals surface area contributed by atoms with Gasteiger partial charge < -0.3 is 4.29 Å². The summed E-state index contributed by atoms with van der Waals surface area (Å²) in [6.07, 6.45) is 16.1. The van der Waals surface area contributed by atoms with E-state index in [4.69, 9.17) is 11.9 Å². The third-order valence-electron chi connectivity index (χ3n) is 3.96. The summed E-state index contributed by atoms with van der Waals surface area (Å²) >= 11 is 4.98. The van der Waals surface area contributed by atoms with Crippen LogP contribution in [0.1, 0.15) is 97.3 Å². The standard InChI is InChI=1S/C17H33ClO2/c1-3-4-5-6-7-8-9-10-13-16(2)14-11-12-15-17(19)20-18/h16H,3-15H2,1-2H3. The van der Waals surface area contributed by atoms with Gasteiger partial charge in [0.1, 0.15) is 11.9 Å². The average Bonchev–Trinajstić information content (AvgIpc) is 2.46. The predicted octanol–water partition coefficient (Wildman–Crippen LogP) is 6.41. The molecule has 1 unspecified atom stereocenters. The molecule has 1 atom stereocenters. The SMILES string of the molecule is CCCCCCCCCCC(C)CCCCC(=O)OCl. The molecule has 0 aliphatic rings. The van der Waals surface area contributed by atoms with Crippen LogP contribution in [0.4, 0.5) is 0 Å². The molecule has 0 bridgehead atoms. The minimum absolute atomic E-state index is 0.303. The van der Waals surface area contributed by atoms with Crippen molar-refractivity contribution in [3.8, 4) is 0 Å². The lowest BCUT2D eigenvalue weighted by atomic mass is 9.96. The Morgan fingerprint density at radius 2 is 1.40 bits per heavy atom. The van der Waals surface area contributed by atoms with E-state index in [1.54, 1.807) is 0 Å². The number of unbranched alkanes of at least 4 members (excludes halogenated alkanes) is 8. The van der Waals surface area contributed by atoms with Gasteiger partial charge in [0, 0.05) is 6.42 Å². The normalized spacial score (nSPS) is 12.3. The molecular weight excluding hydrogens is 272 g/mol. The summed E-state index contributed by atoms with van der Waals surface area (Å²) in [4.78, 5) is 10.8. The molecule has 0 aliphatic heterocycles. The van der Waals surface area contributed by atoms with E-state index in [1.165, 1.54) is 64.2 Å². The van der Waals surface area contributed by atoms with Crippen molar-refractivity contribution in [2.24, 2.45) is 5.92 Å². The van der Waals surface area contributed by atoms with Crippen molar-refractivity contribution in [1.82, 2.24) is 0 Å². The lowest BCUT2D eigenvalue weighted by Crippen LogP contribution is -1.99. The third kappa shape index (κ3) is 14.2. The molecule has 0 amide bonds. The van der Waals surface area contributed by atoms with Crippen LogP contribution in [0.5, 0.6) is 0 Å². The van der Waals surface area contributed by atoms with E-state index >= 15 is 0 Å². The summed E-state index contributed by atoms with van der Waals surface area (Å²) in [7, 11) is 0. The van der Waals surface area contributed by atoms with Crippen LogP contribution in [0.15, 0.2) is 0 Å². The Kier molecular flexibility index (Phi) is 15.0. The Morgan fingerprint density at radius 1 is 0.900 bits per heavy atom. The van der Waals surface area contributed by atoms with Crippen molar-refractivity contribution in [2.75, 3.05) is 0 Å². The van der Waals surface area contributed by atoms with Gasteiger partial charge in [0.15, 0.2) is 0 Å². The molecule has 3 heteroatoms. The molecule has 0 radical (unpaired) electrons. The summed E-state index contributed by atoms with van der Waals surface area (Å²) in [6, 6.07) is 0. The van der Waals surface area contributed by atoms with Crippen LogP contribution in [0.2, 0.25) is 0 Å². The number of hydrogen-bond acceptors (Lipinski definition) is 2.